The highest BCUT2D eigenvalue weighted by Gasteiger charge is 2.42. The van der Waals surface area contributed by atoms with E-state index in [2.05, 4.69) is 11.9 Å². The fraction of sp³-hybridized carbons (Fsp3) is 0.444. The first-order valence-corrected chi connectivity index (χ1v) is 8.64. The number of halogens is 1. The second kappa shape index (κ2) is 7.45. The molecular formula is C18H21ClN2O4. The lowest BCUT2D eigenvalue weighted by molar-refractivity contribution is -0.122. The van der Waals surface area contributed by atoms with Gasteiger partial charge in [0.15, 0.2) is 0 Å². The molecule has 0 aromatic heterocycles. The van der Waals surface area contributed by atoms with Gasteiger partial charge in [0.2, 0.25) is 5.91 Å². The molecule has 0 saturated carbocycles. The van der Waals surface area contributed by atoms with Gasteiger partial charge >= 0.3 is 0 Å². The monoisotopic (exact) mass is 364 g/mol. The van der Waals surface area contributed by atoms with Crippen LogP contribution in [0.5, 0.6) is 5.75 Å². The highest BCUT2D eigenvalue weighted by Crippen LogP contribution is 2.36. The summed E-state index contributed by atoms with van der Waals surface area (Å²) in [6, 6.07) is 5.01. The van der Waals surface area contributed by atoms with Crippen LogP contribution in [0.2, 0.25) is 5.02 Å². The summed E-state index contributed by atoms with van der Waals surface area (Å²) in [6.45, 7) is 5.36. The summed E-state index contributed by atoms with van der Waals surface area (Å²) in [5.41, 5.74) is -0.168. The molecule has 134 valence electrons. The maximum Gasteiger partial charge on any atom is 0.258 e. The van der Waals surface area contributed by atoms with Crippen molar-refractivity contribution >= 4 is 23.4 Å². The molecule has 1 aromatic rings. The number of rotatable bonds is 4. The zero-order valence-electron chi connectivity index (χ0n) is 13.9. The van der Waals surface area contributed by atoms with E-state index in [-0.39, 0.29) is 18.4 Å². The first-order valence-electron chi connectivity index (χ1n) is 8.26. The first-order chi connectivity index (χ1) is 12.0. The van der Waals surface area contributed by atoms with E-state index in [0.29, 0.717) is 55.5 Å². The van der Waals surface area contributed by atoms with Gasteiger partial charge in [0, 0.05) is 24.4 Å². The average molecular weight is 365 g/mol. The molecule has 1 saturated heterocycles. The summed E-state index contributed by atoms with van der Waals surface area (Å²) in [5.74, 6) is 0.0147. The molecule has 7 heteroatoms. The third-order valence-electron chi connectivity index (χ3n) is 4.45. The number of amides is 2. The van der Waals surface area contributed by atoms with Crippen LogP contribution in [0.25, 0.3) is 0 Å². The van der Waals surface area contributed by atoms with Gasteiger partial charge in [0.25, 0.3) is 5.91 Å². The number of hydrogen-bond donors (Lipinski definition) is 1. The highest BCUT2D eigenvalue weighted by atomic mass is 35.5. The SMILES string of the molecule is C=CCNC(=O)CN1CC2(CCOCC2)Oc2ccc(Cl)cc2C1=O. The Morgan fingerprint density at radius 2 is 2.16 bits per heavy atom. The highest BCUT2D eigenvalue weighted by molar-refractivity contribution is 6.31. The number of nitrogens with one attached hydrogen (secondary N) is 1. The molecule has 0 radical (unpaired) electrons. The van der Waals surface area contributed by atoms with Crippen LogP contribution in [-0.2, 0) is 9.53 Å². The van der Waals surface area contributed by atoms with Crippen molar-refractivity contribution in [2.24, 2.45) is 0 Å². The van der Waals surface area contributed by atoms with Crippen LogP contribution in [0, 0.1) is 0 Å². The smallest absolute Gasteiger partial charge is 0.258 e. The van der Waals surface area contributed by atoms with Gasteiger partial charge in [-0.1, -0.05) is 17.7 Å². The zero-order valence-corrected chi connectivity index (χ0v) is 14.7. The molecule has 2 aliphatic heterocycles. The number of carbonyl (C=O) groups is 2. The zero-order chi connectivity index (χ0) is 17.9. The minimum atomic E-state index is -0.550. The third-order valence-corrected chi connectivity index (χ3v) is 4.68. The van der Waals surface area contributed by atoms with Gasteiger partial charge in [-0.2, -0.15) is 0 Å². The number of nitrogens with zero attached hydrogens (tertiary/aromatic N) is 1. The molecule has 1 fully saturated rings. The molecule has 2 amide bonds. The predicted octanol–water partition coefficient (Wildman–Crippen LogP) is 2.03. The Balaban J connectivity index is 1.91. The number of hydrogen-bond acceptors (Lipinski definition) is 4. The van der Waals surface area contributed by atoms with Gasteiger partial charge in [0.1, 0.15) is 17.9 Å². The Morgan fingerprint density at radius 3 is 2.88 bits per heavy atom. The van der Waals surface area contributed by atoms with E-state index in [9.17, 15) is 9.59 Å². The van der Waals surface area contributed by atoms with E-state index in [4.69, 9.17) is 21.1 Å². The predicted molar refractivity (Wildman–Crippen MR) is 94.0 cm³/mol. The maximum atomic E-state index is 13.0. The van der Waals surface area contributed by atoms with Crippen molar-refractivity contribution in [2.45, 2.75) is 18.4 Å². The molecular weight excluding hydrogens is 344 g/mol. The lowest BCUT2D eigenvalue weighted by Gasteiger charge is -2.38. The molecule has 2 aliphatic rings. The van der Waals surface area contributed by atoms with Gasteiger partial charge in [0.05, 0.1) is 25.3 Å². The van der Waals surface area contributed by atoms with E-state index < -0.39 is 5.60 Å². The first kappa shape index (κ1) is 17.8. The van der Waals surface area contributed by atoms with Gasteiger partial charge < -0.3 is 19.7 Å². The molecule has 25 heavy (non-hydrogen) atoms. The van der Waals surface area contributed by atoms with Crippen LogP contribution in [-0.4, -0.2) is 55.2 Å². The van der Waals surface area contributed by atoms with Crippen LogP contribution >= 0.6 is 11.6 Å². The summed E-state index contributed by atoms with van der Waals surface area (Å²) in [7, 11) is 0. The van der Waals surface area contributed by atoms with Crippen molar-refractivity contribution in [3.63, 3.8) is 0 Å². The van der Waals surface area contributed by atoms with Crippen molar-refractivity contribution in [1.82, 2.24) is 10.2 Å². The molecule has 0 unspecified atom stereocenters. The van der Waals surface area contributed by atoms with Gasteiger partial charge in [-0.3, -0.25) is 9.59 Å². The van der Waals surface area contributed by atoms with Crippen molar-refractivity contribution in [3.05, 3.63) is 41.4 Å². The third kappa shape index (κ3) is 3.96. The molecule has 0 atom stereocenters. The van der Waals surface area contributed by atoms with Crippen LogP contribution in [0.1, 0.15) is 23.2 Å². The molecule has 0 bridgehead atoms. The number of carbonyl (C=O) groups excluding carboxylic acids is 2. The summed E-state index contributed by atoms with van der Waals surface area (Å²) < 4.78 is 11.7. The minimum Gasteiger partial charge on any atom is -0.484 e. The second-order valence-corrected chi connectivity index (χ2v) is 6.73. The lowest BCUT2D eigenvalue weighted by Crippen LogP contribution is -2.52. The van der Waals surface area contributed by atoms with E-state index >= 15 is 0 Å². The number of fused-ring (bicyclic) bond motifs is 1. The topological polar surface area (TPSA) is 67.9 Å². The van der Waals surface area contributed by atoms with Crippen molar-refractivity contribution < 1.29 is 19.1 Å². The summed E-state index contributed by atoms with van der Waals surface area (Å²) in [6.07, 6.45) is 2.92. The summed E-state index contributed by atoms with van der Waals surface area (Å²) in [4.78, 5) is 26.6. The number of benzene rings is 1. The Kier molecular flexibility index (Phi) is 5.30. The van der Waals surface area contributed by atoms with E-state index in [0.717, 1.165) is 0 Å². The fourth-order valence-electron chi connectivity index (χ4n) is 3.16. The minimum absolute atomic E-state index is 0.0371. The standard InChI is InChI=1S/C18H21ClN2O4/c1-2-7-20-16(22)11-21-12-18(5-8-24-9-6-18)25-15-4-3-13(19)10-14(15)17(21)23/h2-4,10H,1,5-9,11-12H2,(H,20,22). The molecule has 1 spiro atoms. The molecule has 3 rings (SSSR count). The quantitative estimate of drug-likeness (QED) is 0.830. The Bertz CT molecular complexity index is 686. The van der Waals surface area contributed by atoms with Crippen molar-refractivity contribution in [2.75, 3.05) is 32.8 Å². The largest absolute Gasteiger partial charge is 0.484 e. The van der Waals surface area contributed by atoms with Crippen LogP contribution < -0.4 is 10.1 Å². The summed E-state index contributed by atoms with van der Waals surface area (Å²) >= 11 is 6.06. The lowest BCUT2D eigenvalue weighted by atomic mass is 9.93. The van der Waals surface area contributed by atoms with Crippen LogP contribution in [0.3, 0.4) is 0 Å². The molecule has 1 N–H and O–H groups in total. The normalized spacial score (nSPS) is 18.9. The molecule has 2 heterocycles. The Morgan fingerprint density at radius 1 is 1.40 bits per heavy atom. The average Bonchev–Trinajstić information content (AvgIpc) is 2.70. The van der Waals surface area contributed by atoms with Crippen LogP contribution in [0.4, 0.5) is 0 Å². The van der Waals surface area contributed by atoms with Crippen LogP contribution in [0.15, 0.2) is 30.9 Å². The Labute approximate surface area is 151 Å². The number of ether oxygens (including phenoxy) is 2. The second-order valence-electron chi connectivity index (χ2n) is 6.29. The molecule has 0 aliphatic carbocycles. The van der Waals surface area contributed by atoms with E-state index in [1.54, 1.807) is 24.3 Å². The fourth-order valence-corrected chi connectivity index (χ4v) is 3.33. The maximum absolute atomic E-state index is 13.0. The van der Waals surface area contributed by atoms with Gasteiger partial charge in [-0.05, 0) is 18.2 Å². The van der Waals surface area contributed by atoms with Gasteiger partial charge in [-0.25, -0.2) is 0 Å². The Hall–Kier alpha value is -2.05. The summed E-state index contributed by atoms with van der Waals surface area (Å²) in [5, 5.41) is 3.16. The van der Waals surface area contributed by atoms with Crippen molar-refractivity contribution in [3.8, 4) is 5.75 Å². The molecule has 1 aromatic carbocycles. The van der Waals surface area contributed by atoms with E-state index in [1.807, 2.05) is 0 Å². The van der Waals surface area contributed by atoms with E-state index in [1.165, 1.54) is 4.90 Å². The van der Waals surface area contributed by atoms with Gasteiger partial charge in [-0.15, -0.1) is 6.58 Å². The van der Waals surface area contributed by atoms with Crippen molar-refractivity contribution in [1.29, 1.82) is 0 Å². The molecule has 6 nitrogen and oxygen atoms in total.